The van der Waals surface area contributed by atoms with Crippen molar-refractivity contribution >= 4 is 11.8 Å². The third-order valence-corrected chi connectivity index (χ3v) is 5.71. The van der Waals surface area contributed by atoms with E-state index in [0.29, 0.717) is 32.4 Å². The second-order valence-electron chi connectivity index (χ2n) is 8.06. The molecule has 0 fully saturated rings. The maximum Gasteiger partial charge on any atom is 0.242 e. The third kappa shape index (κ3) is 7.49. The van der Waals surface area contributed by atoms with E-state index in [-0.39, 0.29) is 11.8 Å². The number of ether oxygens (including phenoxy) is 1. The Morgan fingerprint density at radius 1 is 0.818 bits per heavy atom. The standard InChI is InChI=1S/C28H32N2O3/c1-22(28(32)29-20-19-24-13-16-26(33-2)17-14-24)30(21-25-11-7-4-8-12-25)27(31)18-15-23-9-5-3-6-10-23/h3-14,16-17,22H,15,18-21H2,1-2H3,(H,29,32)/t22-/m1/s1. The van der Waals surface area contributed by atoms with Crippen molar-refractivity contribution in [3.8, 4) is 5.75 Å². The van der Waals surface area contributed by atoms with Crippen molar-refractivity contribution in [1.29, 1.82) is 0 Å². The second-order valence-corrected chi connectivity index (χ2v) is 8.06. The number of aryl methyl sites for hydroxylation is 1. The maximum atomic E-state index is 13.2. The van der Waals surface area contributed by atoms with Crippen LogP contribution in [0.5, 0.6) is 5.75 Å². The van der Waals surface area contributed by atoms with E-state index in [1.54, 1.807) is 18.9 Å². The first kappa shape index (κ1) is 24.1. The Balaban J connectivity index is 1.60. The van der Waals surface area contributed by atoms with Crippen molar-refractivity contribution in [2.24, 2.45) is 0 Å². The van der Waals surface area contributed by atoms with Gasteiger partial charge in [0, 0.05) is 19.5 Å². The van der Waals surface area contributed by atoms with Gasteiger partial charge in [0.15, 0.2) is 0 Å². The first-order valence-electron chi connectivity index (χ1n) is 11.3. The van der Waals surface area contributed by atoms with E-state index in [0.717, 1.165) is 22.4 Å². The monoisotopic (exact) mass is 444 g/mol. The molecule has 0 saturated carbocycles. The Labute approximate surface area is 196 Å². The van der Waals surface area contributed by atoms with Crippen LogP contribution in [-0.2, 0) is 29.0 Å². The SMILES string of the molecule is COc1ccc(CCNC(=O)[C@@H](C)N(Cc2ccccc2)C(=O)CCc2ccccc2)cc1. The molecule has 0 aliphatic carbocycles. The molecule has 1 atom stereocenters. The topological polar surface area (TPSA) is 58.6 Å². The summed E-state index contributed by atoms with van der Waals surface area (Å²) in [5.41, 5.74) is 3.23. The minimum atomic E-state index is -0.565. The van der Waals surface area contributed by atoms with Gasteiger partial charge in [-0.05, 0) is 48.6 Å². The van der Waals surface area contributed by atoms with Crippen molar-refractivity contribution in [3.63, 3.8) is 0 Å². The Hall–Kier alpha value is -3.60. The van der Waals surface area contributed by atoms with Gasteiger partial charge in [0.25, 0.3) is 0 Å². The minimum Gasteiger partial charge on any atom is -0.497 e. The fourth-order valence-electron chi connectivity index (χ4n) is 3.67. The fourth-order valence-corrected chi connectivity index (χ4v) is 3.67. The van der Waals surface area contributed by atoms with Crippen LogP contribution in [0.1, 0.15) is 30.0 Å². The number of carbonyl (C=O) groups excluding carboxylic acids is 2. The van der Waals surface area contributed by atoms with Gasteiger partial charge in [-0.25, -0.2) is 0 Å². The van der Waals surface area contributed by atoms with Crippen LogP contribution in [0.2, 0.25) is 0 Å². The summed E-state index contributed by atoms with van der Waals surface area (Å²) < 4.78 is 5.18. The fraction of sp³-hybridized carbons (Fsp3) is 0.286. The van der Waals surface area contributed by atoms with E-state index in [2.05, 4.69) is 5.32 Å². The predicted octanol–water partition coefficient (Wildman–Crippen LogP) is 4.40. The zero-order valence-electron chi connectivity index (χ0n) is 19.4. The highest BCUT2D eigenvalue weighted by Gasteiger charge is 2.25. The van der Waals surface area contributed by atoms with Gasteiger partial charge in [-0.2, -0.15) is 0 Å². The molecular weight excluding hydrogens is 412 g/mol. The van der Waals surface area contributed by atoms with Gasteiger partial charge in [-0.3, -0.25) is 9.59 Å². The lowest BCUT2D eigenvalue weighted by Crippen LogP contribution is -2.48. The number of nitrogens with zero attached hydrogens (tertiary/aromatic N) is 1. The van der Waals surface area contributed by atoms with Gasteiger partial charge < -0.3 is 15.0 Å². The van der Waals surface area contributed by atoms with Crippen LogP contribution in [-0.4, -0.2) is 36.4 Å². The molecule has 5 nitrogen and oxygen atoms in total. The maximum absolute atomic E-state index is 13.2. The molecule has 3 aromatic carbocycles. The summed E-state index contributed by atoms with van der Waals surface area (Å²) in [5, 5.41) is 2.99. The van der Waals surface area contributed by atoms with Crippen molar-refractivity contribution < 1.29 is 14.3 Å². The van der Waals surface area contributed by atoms with E-state index < -0.39 is 6.04 Å². The molecule has 0 saturated heterocycles. The van der Waals surface area contributed by atoms with Crippen LogP contribution in [0.4, 0.5) is 0 Å². The minimum absolute atomic E-state index is 0.0273. The summed E-state index contributed by atoms with van der Waals surface area (Å²) in [7, 11) is 1.64. The molecule has 2 amide bonds. The highest BCUT2D eigenvalue weighted by atomic mass is 16.5. The summed E-state index contributed by atoms with van der Waals surface area (Å²) >= 11 is 0. The number of benzene rings is 3. The molecule has 5 heteroatoms. The first-order valence-corrected chi connectivity index (χ1v) is 11.3. The number of methoxy groups -OCH3 is 1. The van der Waals surface area contributed by atoms with Crippen LogP contribution < -0.4 is 10.1 Å². The smallest absolute Gasteiger partial charge is 0.242 e. The first-order chi connectivity index (χ1) is 16.1. The molecule has 0 aromatic heterocycles. The number of rotatable bonds is 11. The molecule has 0 spiro atoms. The Morgan fingerprint density at radius 2 is 1.39 bits per heavy atom. The molecule has 0 heterocycles. The molecule has 172 valence electrons. The van der Waals surface area contributed by atoms with E-state index in [9.17, 15) is 9.59 Å². The molecule has 1 N–H and O–H groups in total. The lowest BCUT2D eigenvalue weighted by molar-refractivity contribution is -0.140. The molecule has 3 aromatic rings. The molecule has 0 aliphatic rings. The highest BCUT2D eigenvalue weighted by Crippen LogP contribution is 2.14. The lowest BCUT2D eigenvalue weighted by Gasteiger charge is -2.29. The van der Waals surface area contributed by atoms with Crippen LogP contribution in [0.15, 0.2) is 84.9 Å². The van der Waals surface area contributed by atoms with Gasteiger partial charge in [0.1, 0.15) is 11.8 Å². The quantitative estimate of drug-likeness (QED) is 0.477. The molecule has 33 heavy (non-hydrogen) atoms. The van der Waals surface area contributed by atoms with E-state index in [4.69, 9.17) is 4.74 Å². The Kier molecular flexibility index (Phi) is 9.07. The van der Waals surface area contributed by atoms with E-state index in [1.165, 1.54) is 0 Å². The molecule has 0 aliphatic heterocycles. The predicted molar refractivity (Wildman–Crippen MR) is 131 cm³/mol. The molecular formula is C28H32N2O3. The van der Waals surface area contributed by atoms with Gasteiger partial charge in [0.2, 0.25) is 11.8 Å². The van der Waals surface area contributed by atoms with Gasteiger partial charge in [0.05, 0.1) is 7.11 Å². The lowest BCUT2D eigenvalue weighted by atomic mass is 10.1. The van der Waals surface area contributed by atoms with Crippen LogP contribution in [0.3, 0.4) is 0 Å². The molecule has 0 unspecified atom stereocenters. The zero-order chi connectivity index (χ0) is 23.5. The van der Waals surface area contributed by atoms with Crippen molar-refractivity contribution in [2.75, 3.05) is 13.7 Å². The number of amides is 2. The Morgan fingerprint density at radius 3 is 2.00 bits per heavy atom. The second kappa shape index (κ2) is 12.4. The molecule has 3 rings (SSSR count). The van der Waals surface area contributed by atoms with Crippen molar-refractivity contribution in [3.05, 3.63) is 102 Å². The van der Waals surface area contributed by atoms with Gasteiger partial charge in [-0.15, -0.1) is 0 Å². The molecule has 0 bridgehead atoms. The molecule has 0 radical (unpaired) electrons. The van der Waals surface area contributed by atoms with Crippen molar-refractivity contribution in [1.82, 2.24) is 10.2 Å². The van der Waals surface area contributed by atoms with E-state index >= 15 is 0 Å². The third-order valence-electron chi connectivity index (χ3n) is 5.71. The van der Waals surface area contributed by atoms with Crippen molar-refractivity contribution in [2.45, 2.75) is 38.8 Å². The summed E-state index contributed by atoms with van der Waals surface area (Å²) in [4.78, 5) is 27.8. The summed E-state index contributed by atoms with van der Waals surface area (Å²) in [6.45, 7) is 2.71. The van der Waals surface area contributed by atoms with Crippen LogP contribution in [0.25, 0.3) is 0 Å². The average Bonchev–Trinajstić information content (AvgIpc) is 2.87. The normalized spacial score (nSPS) is 11.5. The number of carbonyl (C=O) groups is 2. The summed E-state index contributed by atoms with van der Waals surface area (Å²) in [6, 6.07) is 27.0. The van der Waals surface area contributed by atoms with Crippen LogP contribution in [0, 0.1) is 0 Å². The summed E-state index contributed by atoms with van der Waals surface area (Å²) in [5.74, 6) is 0.634. The van der Waals surface area contributed by atoms with Gasteiger partial charge >= 0.3 is 0 Å². The Bertz CT molecular complexity index is 1000. The van der Waals surface area contributed by atoms with Crippen LogP contribution >= 0.6 is 0 Å². The number of hydrogen-bond donors (Lipinski definition) is 1. The number of hydrogen-bond acceptors (Lipinski definition) is 3. The largest absolute Gasteiger partial charge is 0.497 e. The van der Waals surface area contributed by atoms with E-state index in [1.807, 2.05) is 84.9 Å². The average molecular weight is 445 g/mol. The zero-order valence-corrected chi connectivity index (χ0v) is 19.4. The number of nitrogens with one attached hydrogen (secondary N) is 1. The van der Waals surface area contributed by atoms with Gasteiger partial charge in [-0.1, -0.05) is 72.8 Å². The summed E-state index contributed by atoms with van der Waals surface area (Å²) in [6.07, 6.45) is 1.72. The highest BCUT2D eigenvalue weighted by molar-refractivity contribution is 5.87.